The lowest BCUT2D eigenvalue weighted by Gasteiger charge is -1.99. The molecule has 23 heavy (non-hydrogen) atoms. The van der Waals surface area contributed by atoms with E-state index in [-0.39, 0.29) is 11.9 Å². The average molecular weight is 309 g/mol. The predicted octanol–water partition coefficient (Wildman–Crippen LogP) is 1.30. The van der Waals surface area contributed by atoms with Gasteiger partial charge in [-0.25, -0.2) is 9.98 Å². The molecule has 0 saturated heterocycles. The Hall–Kier alpha value is -3.55. The van der Waals surface area contributed by atoms with Gasteiger partial charge < -0.3 is 27.4 Å². The molecule has 0 atom stereocenters. The lowest BCUT2D eigenvalue weighted by Crippen LogP contribution is -2.26. The summed E-state index contributed by atoms with van der Waals surface area (Å²) >= 11 is 0. The van der Waals surface area contributed by atoms with E-state index in [1.54, 1.807) is 36.4 Å². The molecule has 0 spiro atoms. The Morgan fingerprint density at radius 3 is 2.65 bits per heavy atom. The number of rotatable bonds is 2. The van der Waals surface area contributed by atoms with Gasteiger partial charge in [0.2, 0.25) is 11.9 Å². The Balaban J connectivity index is 1.99. The molecule has 8 nitrogen and oxygen atoms in total. The fourth-order valence-corrected chi connectivity index (χ4v) is 2.07. The van der Waals surface area contributed by atoms with Crippen LogP contribution in [0.5, 0.6) is 0 Å². The van der Waals surface area contributed by atoms with Crippen molar-refractivity contribution >= 4 is 34.4 Å². The van der Waals surface area contributed by atoms with Gasteiger partial charge in [-0.3, -0.25) is 0 Å². The minimum absolute atomic E-state index is 0.0347. The van der Waals surface area contributed by atoms with Crippen LogP contribution in [0, 0.1) is 0 Å². The van der Waals surface area contributed by atoms with E-state index in [0.717, 1.165) is 5.56 Å². The number of fused-ring (bicyclic) bond motifs is 1. The van der Waals surface area contributed by atoms with Gasteiger partial charge in [-0.2, -0.15) is 4.99 Å². The topological polar surface area (TPSA) is 155 Å². The number of oxazole rings is 1. The smallest absolute Gasteiger partial charge is 0.227 e. The number of aromatic nitrogens is 1. The van der Waals surface area contributed by atoms with E-state index >= 15 is 0 Å². The summed E-state index contributed by atoms with van der Waals surface area (Å²) in [7, 11) is 0. The van der Waals surface area contributed by atoms with Crippen LogP contribution in [-0.2, 0) is 0 Å². The molecule has 2 aromatic carbocycles. The van der Waals surface area contributed by atoms with Crippen molar-refractivity contribution < 1.29 is 4.42 Å². The van der Waals surface area contributed by atoms with Crippen molar-refractivity contribution in [3.8, 4) is 11.5 Å². The maximum Gasteiger partial charge on any atom is 0.227 e. The number of hydrogen-bond acceptors (Lipinski definition) is 4. The van der Waals surface area contributed by atoms with Crippen LogP contribution in [0.3, 0.4) is 0 Å². The molecule has 0 fully saturated rings. The molecule has 8 N–H and O–H groups in total. The molecule has 0 aliphatic heterocycles. The zero-order valence-electron chi connectivity index (χ0n) is 12.1. The van der Waals surface area contributed by atoms with Crippen molar-refractivity contribution in [1.29, 1.82) is 0 Å². The monoisotopic (exact) mass is 309 g/mol. The number of hydrogen-bond donors (Lipinski definition) is 4. The van der Waals surface area contributed by atoms with Crippen molar-refractivity contribution in [2.24, 2.45) is 27.2 Å². The van der Waals surface area contributed by atoms with Gasteiger partial charge in [0, 0.05) is 11.3 Å². The summed E-state index contributed by atoms with van der Waals surface area (Å²) in [6, 6.07) is 12.5. The number of aliphatic imine (C=N–C) groups is 2. The largest absolute Gasteiger partial charge is 0.436 e. The fraction of sp³-hybridized carbons (Fsp3) is 0. The number of nitrogens with zero attached hydrogens (tertiary/aromatic N) is 3. The Morgan fingerprint density at radius 1 is 1.04 bits per heavy atom. The Morgan fingerprint density at radius 2 is 1.87 bits per heavy atom. The molecule has 0 amide bonds. The van der Waals surface area contributed by atoms with Crippen LogP contribution in [0.25, 0.3) is 22.6 Å². The van der Waals surface area contributed by atoms with Crippen LogP contribution < -0.4 is 22.9 Å². The van der Waals surface area contributed by atoms with E-state index in [1.165, 1.54) is 0 Å². The number of nitrogen functional groups attached to an aromatic ring is 1. The third-order valence-corrected chi connectivity index (χ3v) is 2.99. The molecule has 0 radical (unpaired) electrons. The van der Waals surface area contributed by atoms with Gasteiger partial charge in [-0.05, 0) is 36.4 Å². The summed E-state index contributed by atoms with van der Waals surface area (Å²) in [5.41, 5.74) is 25.2. The van der Waals surface area contributed by atoms with Crippen LogP contribution >= 0.6 is 0 Å². The average Bonchev–Trinajstić information content (AvgIpc) is 2.89. The number of guanidine groups is 2. The van der Waals surface area contributed by atoms with Crippen LogP contribution in [0.2, 0.25) is 0 Å². The third kappa shape index (κ3) is 3.21. The van der Waals surface area contributed by atoms with Crippen LogP contribution in [-0.4, -0.2) is 16.9 Å². The molecule has 3 rings (SSSR count). The molecule has 8 heteroatoms. The second-order valence-electron chi connectivity index (χ2n) is 4.80. The minimum Gasteiger partial charge on any atom is -0.436 e. The number of nitrogens with two attached hydrogens (primary N) is 4. The van der Waals surface area contributed by atoms with E-state index < -0.39 is 0 Å². The SMILES string of the molecule is NC(N)=NC(N)=Nc1cccc(-c2nc3cc(N)ccc3o2)c1. The zero-order chi connectivity index (χ0) is 16.4. The molecule has 116 valence electrons. The van der Waals surface area contributed by atoms with Gasteiger partial charge in [0.25, 0.3) is 0 Å². The molecule has 3 aromatic rings. The van der Waals surface area contributed by atoms with E-state index in [9.17, 15) is 0 Å². The van der Waals surface area contributed by atoms with Gasteiger partial charge >= 0.3 is 0 Å². The molecule has 0 aliphatic carbocycles. The lowest BCUT2D eigenvalue weighted by atomic mass is 10.2. The highest BCUT2D eigenvalue weighted by Crippen LogP contribution is 2.27. The molecular formula is C15H15N7O. The first-order valence-corrected chi connectivity index (χ1v) is 6.71. The first-order valence-electron chi connectivity index (χ1n) is 6.71. The normalized spacial score (nSPS) is 11.6. The Kier molecular flexibility index (Phi) is 3.55. The first-order chi connectivity index (χ1) is 11.0. The summed E-state index contributed by atoms with van der Waals surface area (Å²) in [6.07, 6.45) is 0. The molecule has 0 unspecified atom stereocenters. The van der Waals surface area contributed by atoms with Crippen molar-refractivity contribution in [1.82, 2.24) is 4.98 Å². The van der Waals surface area contributed by atoms with Crippen LogP contribution in [0.1, 0.15) is 0 Å². The Labute approximate surface area is 131 Å². The summed E-state index contributed by atoms with van der Waals surface area (Å²) in [5, 5.41) is 0. The van der Waals surface area contributed by atoms with Crippen LogP contribution in [0.4, 0.5) is 11.4 Å². The molecule has 0 aliphatic rings. The highest BCUT2D eigenvalue weighted by molar-refractivity contribution is 5.93. The highest BCUT2D eigenvalue weighted by Gasteiger charge is 2.09. The molecule has 0 saturated carbocycles. The fourth-order valence-electron chi connectivity index (χ4n) is 2.07. The predicted molar refractivity (Wildman–Crippen MR) is 90.9 cm³/mol. The van der Waals surface area contributed by atoms with Crippen molar-refractivity contribution in [2.45, 2.75) is 0 Å². The van der Waals surface area contributed by atoms with Crippen LogP contribution in [0.15, 0.2) is 56.9 Å². The summed E-state index contributed by atoms with van der Waals surface area (Å²) in [4.78, 5) is 12.2. The second kappa shape index (κ2) is 5.68. The van der Waals surface area contributed by atoms with Gasteiger partial charge in [0.05, 0.1) is 5.69 Å². The van der Waals surface area contributed by atoms with Crippen molar-refractivity contribution in [3.63, 3.8) is 0 Å². The number of anilines is 1. The van der Waals surface area contributed by atoms with Gasteiger partial charge in [0.1, 0.15) is 5.52 Å². The van der Waals surface area contributed by atoms with E-state index in [4.69, 9.17) is 27.4 Å². The van der Waals surface area contributed by atoms with E-state index in [1.807, 2.05) is 6.07 Å². The molecule has 1 heterocycles. The van der Waals surface area contributed by atoms with Crippen molar-refractivity contribution in [2.75, 3.05) is 5.73 Å². The van der Waals surface area contributed by atoms with Crippen molar-refractivity contribution in [3.05, 3.63) is 42.5 Å². The molecule has 0 bridgehead atoms. The highest BCUT2D eigenvalue weighted by atomic mass is 16.3. The lowest BCUT2D eigenvalue weighted by molar-refractivity contribution is 0.620. The third-order valence-electron chi connectivity index (χ3n) is 2.99. The quantitative estimate of drug-likeness (QED) is 0.317. The zero-order valence-corrected chi connectivity index (χ0v) is 12.1. The summed E-state index contributed by atoms with van der Waals surface area (Å²) in [5.74, 6) is 0.273. The summed E-state index contributed by atoms with van der Waals surface area (Å²) in [6.45, 7) is 0. The van der Waals surface area contributed by atoms with Gasteiger partial charge in [-0.1, -0.05) is 6.07 Å². The number of benzene rings is 2. The Bertz CT molecular complexity index is 922. The van der Waals surface area contributed by atoms with Gasteiger partial charge in [-0.15, -0.1) is 0 Å². The van der Waals surface area contributed by atoms with E-state index in [2.05, 4.69) is 15.0 Å². The van der Waals surface area contributed by atoms with E-state index in [0.29, 0.717) is 28.4 Å². The van der Waals surface area contributed by atoms with Gasteiger partial charge in [0.15, 0.2) is 11.5 Å². The first kappa shape index (κ1) is 14.4. The minimum atomic E-state index is -0.154. The second-order valence-corrected chi connectivity index (χ2v) is 4.80. The molecule has 1 aromatic heterocycles. The standard InChI is InChI=1S/C15H15N7O/c16-9-4-5-12-11(7-9)21-13(23-12)8-2-1-3-10(6-8)20-15(19)22-14(17)18/h1-7H,16H2,(H6,17,18,19,20,22). The summed E-state index contributed by atoms with van der Waals surface area (Å²) < 4.78 is 5.72. The maximum atomic E-state index is 5.74. The maximum absolute atomic E-state index is 5.74. The molecular weight excluding hydrogens is 294 g/mol.